The third-order valence-electron chi connectivity index (χ3n) is 3.81. The van der Waals surface area contributed by atoms with Crippen LogP contribution in [0.15, 0.2) is 24.3 Å². The number of hydrogen-bond donors (Lipinski definition) is 3. The van der Waals surface area contributed by atoms with E-state index in [1.54, 1.807) is 30.0 Å². The summed E-state index contributed by atoms with van der Waals surface area (Å²) >= 11 is 0. The minimum Gasteiger partial charge on any atom is -0.478 e. The monoisotopic (exact) mass is 292 g/mol. The molecule has 2 amide bonds. The van der Waals surface area contributed by atoms with Crippen LogP contribution in [0, 0.1) is 5.92 Å². The van der Waals surface area contributed by atoms with Crippen LogP contribution in [0.25, 0.3) is 0 Å². The topological polar surface area (TPSA) is 89.9 Å². The van der Waals surface area contributed by atoms with Gasteiger partial charge < -0.3 is 20.4 Å². The average Bonchev–Trinajstić information content (AvgIpc) is 2.95. The molecule has 1 aromatic carbocycles. The summed E-state index contributed by atoms with van der Waals surface area (Å²) in [5.41, 5.74) is 0.951. The van der Waals surface area contributed by atoms with Crippen molar-refractivity contribution in [3.63, 3.8) is 0 Å². The van der Waals surface area contributed by atoms with Crippen LogP contribution in [0.4, 0.5) is 4.79 Å². The minimum atomic E-state index is -0.984. The molecule has 1 heterocycles. The van der Waals surface area contributed by atoms with Gasteiger partial charge in [0.15, 0.2) is 0 Å². The summed E-state index contributed by atoms with van der Waals surface area (Å²) in [6.45, 7) is 3.22. The van der Waals surface area contributed by atoms with E-state index < -0.39 is 12.1 Å². The van der Waals surface area contributed by atoms with Crippen molar-refractivity contribution in [2.75, 3.05) is 13.1 Å². The minimum absolute atomic E-state index is 0.131. The first kappa shape index (κ1) is 15.3. The standard InChI is InChI=1S/C15H20N2O4/c1-10(18)13-5-6-17(9-13)15(21)16-8-11-3-2-4-12(7-11)14(19)20/h2-4,7,10,13,18H,5-6,8-9H2,1H3,(H,16,21)(H,19,20). The fourth-order valence-corrected chi connectivity index (χ4v) is 2.47. The maximum atomic E-state index is 12.0. The fourth-order valence-electron chi connectivity index (χ4n) is 2.47. The number of urea groups is 1. The van der Waals surface area contributed by atoms with Crippen molar-refractivity contribution in [2.24, 2.45) is 5.92 Å². The van der Waals surface area contributed by atoms with Gasteiger partial charge in [0.05, 0.1) is 11.7 Å². The van der Waals surface area contributed by atoms with Crippen LogP contribution in [0.5, 0.6) is 0 Å². The number of aliphatic hydroxyl groups excluding tert-OH is 1. The molecule has 21 heavy (non-hydrogen) atoms. The Bertz CT molecular complexity index is 530. The molecule has 0 aliphatic carbocycles. The molecule has 0 aromatic heterocycles. The van der Waals surface area contributed by atoms with E-state index in [0.717, 1.165) is 12.0 Å². The SMILES string of the molecule is CC(O)C1CCN(C(=O)NCc2cccc(C(=O)O)c2)C1. The van der Waals surface area contributed by atoms with E-state index in [1.807, 2.05) is 0 Å². The number of likely N-dealkylation sites (tertiary alicyclic amines) is 1. The Hall–Kier alpha value is -2.08. The number of carboxylic acids is 1. The van der Waals surface area contributed by atoms with E-state index in [1.165, 1.54) is 6.07 Å². The van der Waals surface area contributed by atoms with Crippen LogP contribution in [-0.2, 0) is 6.54 Å². The molecule has 1 saturated heterocycles. The second kappa shape index (κ2) is 6.58. The number of aliphatic hydroxyl groups is 1. The molecule has 1 aromatic rings. The van der Waals surface area contributed by atoms with Gasteiger partial charge in [-0.25, -0.2) is 9.59 Å². The van der Waals surface area contributed by atoms with Gasteiger partial charge >= 0.3 is 12.0 Å². The zero-order valence-electron chi connectivity index (χ0n) is 12.0. The van der Waals surface area contributed by atoms with Crippen LogP contribution < -0.4 is 5.32 Å². The normalized spacial score (nSPS) is 19.3. The third kappa shape index (κ3) is 3.95. The van der Waals surface area contributed by atoms with Crippen molar-refractivity contribution in [3.8, 4) is 0 Å². The summed E-state index contributed by atoms with van der Waals surface area (Å²) in [6.07, 6.45) is 0.398. The Morgan fingerprint density at radius 1 is 1.48 bits per heavy atom. The summed E-state index contributed by atoms with van der Waals surface area (Å²) in [5, 5.41) is 21.2. The maximum absolute atomic E-state index is 12.0. The van der Waals surface area contributed by atoms with E-state index in [0.29, 0.717) is 13.1 Å². The van der Waals surface area contributed by atoms with E-state index in [9.17, 15) is 14.7 Å². The van der Waals surface area contributed by atoms with Gasteiger partial charge in [-0.2, -0.15) is 0 Å². The predicted octanol–water partition coefficient (Wildman–Crippen LogP) is 1.30. The van der Waals surface area contributed by atoms with Gasteiger partial charge in [-0.1, -0.05) is 12.1 Å². The molecule has 114 valence electrons. The Kier molecular flexibility index (Phi) is 4.80. The highest BCUT2D eigenvalue weighted by Crippen LogP contribution is 2.19. The van der Waals surface area contributed by atoms with Crippen molar-refractivity contribution < 1.29 is 19.8 Å². The highest BCUT2D eigenvalue weighted by Gasteiger charge is 2.28. The van der Waals surface area contributed by atoms with Gasteiger partial charge in [0.25, 0.3) is 0 Å². The number of rotatable bonds is 4. The van der Waals surface area contributed by atoms with Crippen LogP contribution in [-0.4, -0.2) is 46.3 Å². The van der Waals surface area contributed by atoms with E-state index in [-0.39, 0.29) is 24.1 Å². The molecule has 6 nitrogen and oxygen atoms in total. The smallest absolute Gasteiger partial charge is 0.335 e. The summed E-state index contributed by atoms with van der Waals surface area (Å²) in [6, 6.07) is 6.31. The molecular weight excluding hydrogens is 272 g/mol. The number of nitrogens with zero attached hydrogens (tertiary/aromatic N) is 1. The third-order valence-corrected chi connectivity index (χ3v) is 3.81. The number of hydrogen-bond acceptors (Lipinski definition) is 3. The van der Waals surface area contributed by atoms with Crippen molar-refractivity contribution in [1.82, 2.24) is 10.2 Å². The number of carboxylic acid groups (broad SMARTS) is 1. The van der Waals surface area contributed by atoms with Crippen LogP contribution in [0.3, 0.4) is 0 Å². The molecule has 3 N–H and O–H groups in total. The first-order valence-electron chi connectivity index (χ1n) is 7.00. The Balaban J connectivity index is 1.87. The van der Waals surface area contributed by atoms with Crippen molar-refractivity contribution >= 4 is 12.0 Å². The maximum Gasteiger partial charge on any atom is 0.335 e. The molecule has 6 heteroatoms. The van der Waals surface area contributed by atoms with Crippen molar-refractivity contribution in [2.45, 2.75) is 26.0 Å². The van der Waals surface area contributed by atoms with Gasteiger partial charge in [-0.3, -0.25) is 0 Å². The average molecular weight is 292 g/mol. The second-order valence-corrected chi connectivity index (χ2v) is 5.40. The lowest BCUT2D eigenvalue weighted by molar-refractivity contribution is 0.0696. The second-order valence-electron chi connectivity index (χ2n) is 5.40. The Morgan fingerprint density at radius 3 is 2.86 bits per heavy atom. The Morgan fingerprint density at radius 2 is 2.24 bits per heavy atom. The van der Waals surface area contributed by atoms with Gasteiger partial charge in [0, 0.05) is 25.6 Å². The summed E-state index contributed by atoms with van der Waals surface area (Å²) in [5.74, 6) is -0.853. The van der Waals surface area contributed by atoms with Gasteiger partial charge in [0.2, 0.25) is 0 Å². The number of carbonyl (C=O) groups excluding carboxylic acids is 1. The molecular formula is C15H20N2O4. The molecule has 1 aliphatic heterocycles. The predicted molar refractivity (Wildman–Crippen MR) is 77.0 cm³/mol. The van der Waals surface area contributed by atoms with Crippen LogP contribution in [0.2, 0.25) is 0 Å². The lowest BCUT2D eigenvalue weighted by atomic mass is 10.0. The molecule has 0 bridgehead atoms. The Labute approximate surface area is 123 Å². The zero-order chi connectivity index (χ0) is 15.4. The van der Waals surface area contributed by atoms with Gasteiger partial charge in [-0.15, -0.1) is 0 Å². The summed E-state index contributed by atoms with van der Waals surface area (Å²) in [4.78, 5) is 24.6. The van der Waals surface area contributed by atoms with Crippen molar-refractivity contribution in [3.05, 3.63) is 35.4 Å². The summed E-state index contributed by atoms with van der Waals surface area (Å²) in [7, 11) is 0. The molecule has 1 fully saturated rings. The van der Waals surface area contributed by atoms with E-state index >= 15 is 0 Å². The molecule has 0 spiro atoms. The summed E-state index contributed by atoms with van der Waals surface area (Å²) < 4.78 is 0. The molecule has 0 saturated carbocycles. The van der Waals surface area contributed by atoms with Gasteiger partial charge in [-0.05, 0) is 31.0 Å². The number of benzene rings is 1. The van der Waals surface area contributed by atoms with Crippen LogP contribution >= 0.6 is 0 Å². The number of aromatic carboxylic acids is 1. The largest absolute Gasteiger partial charge is 0.478 e. The lowest BCUT2D eigenvalue weighted by Gasteiger charge is -2.18. The van der Waals surface area contributed by atoms with Crippen molar-refractivity contribution in [1.29, 1.82) is 0 Å². The molecule has 2 rings (SSSR count). The fraction of sp³-hybridized carbons (Fsp3) is 0.467. The molecule has 2 atom stereocenters. The first-order valence-corrected chi connectivity index (χ1v) is 7.00. The first-order chi connectivity index (χ1) is 9.97. The zero-order valence-corrected chi connectivity index (χ0v) is 12.0. The highest BCUT2D eigenvalue weighted by atomic mass is 16.4. The van der Waals surface area contributed by atoms with Crippen LogP contribution in [0.1, 0.15) is 29.3 Å². The van der Waals surface area contributed by atoms with Gasteiger partial charge in [0.1, 0.15) is 0 Å². The molecule has 1 aliphatic rings. The number of amides is 2. The number of nitrogens with one attached hydrogen (secondary N) is 1. The van der Waals surface area contributed by atoms with E-state index in [4.69, 9.17) is 5.11 Å². The highest BCUT2D eigenvalue weighted by molar-refractivity contribution is 5.87. The molecule has 2 unspecified atom stereocenters. The number of carbonyl (C=O) groups is 2. The van der Waals surface area contributed by atoms with E-state index in [2.05, 4.69) is 5.32 Å². The molecule has 0 radical (unpaired) electrons. The lowest BCUT2D eigenvalue weighted by Crippen LogP contribution is -2.38. The quantitative estimate of drug-likeness (QED) is 0.780.